The molecule has 2 aliphatic rings. The summed E-state index contributed by atoms with van der Waals surface area (Å²) in [6.45, 7) is 0. The van der Waals surface area contributed by atoms with Crippen molar-refractivity contribution in [2.75, 3.05) is 4.90 Å². The van der Waals surface area contributed by atoms with E-state index in [9.17, 15) is 14.0 Å². The number of anilines is 1. The maximum Gasteiger partial charge on any atom is 0.232 e. The first kappa shape index (κ1) is 17.0. The number of carbonyl (C=O) groups excluding carboxylic acids is 2. The van der Waals surface area contributed by atoms with Crippen molar-refractivity contribution < 1.29 is 14.0 Å². The highest BCUT2D eigenvalue weighted by Crippen LogP contribution is 2.45. The quantitative estimate of drug-likeness (QED) is 0.746. The van der Waals surface area contributed by atoms with Gasteiger partial charge >= 0.3 is 0 Å². The minimum absolute atomic E-state index is 0.0185. The van der Waals surface area contributed by atoms with E-state index >= 15 is 0 Å². The van der Waals surface area contributed by atoms with E-state index < -0.39 is 5.82 Å². The van der Waals surface area contributed by atoms with Gasteiger partial charge in [0, 0.05) is 35.1 Å². The molecule has 0 N–H and O–H groups in total. The van der Waals surface area contributed by atoms with E-state index in [-0.39, 0.29) is 29.7 Å². The molecule has 2 aromatic carbocycles. The van der Waals surface area contributed by atoms with Crippen LogP contribution < -0.4 is 4.90 Å². The maximum absolute atomic E-state index is 14.4. The fourth-order valence-electron chi connectivity index (χ4n) is 3.93. The third-order valence-electron chi connectivity index (χ3n) is 5.05. The van der Waals surface area contributed by atoms with Crippen LogP contribution in [0.4, 0.5) is 10.1 Å². The van der Waals surface area contributed by atoms with E-state index in [0.29, 0.717) is 35.6 Å². The fourth-order valence-corrected chi connectivity index (χ4v) is 4.20. The standard InChI is InChI=1S/C21H17ClFNO2/c22-15-7-2-1-6-13(15)14-12-20(26)24(17-9-4-3-8-16(17)23)18-10-5-11-19(25)21(14)18/h1-4,6-9,14H,5,10-12H2/t14-/m1/s1. The number of amides is 1. The van der Waals surface area contributed by atoms with Crippen molar-refractivity contribution in [1.29, 1.82) is 0 Å². The number of allylic oxidation sites excluding steroid dienone is 2. The van der Waals surface area contributed by atoms with Crippen LogP contribution in [0.15, 0.2) is 59.8 Å². The van der Waals surface area contributed by atoms with Crippen molar-refractivity contribution in [1.82, 2.24) is 0 Å². The lowest BCUT2D eigenvalue weighted by molar-refractivity contribution is -0.120. The monoisotopic (exact) mass is 369 g/mol. The summed E-state index contributed by atoms with van der Waals surface area (Å²) in [6, 6.07) is 13.5. The van der Waals surface area contributed by atoms with Crippen LogP contribution in [0.5, 0.6) is 0 Å². The van der Waals surface area contributed by atoms with Gasteiger partial charge in [0.1, 0.15) is 5.82 Å². The van der Waals surface area contributed by atoms with Gasteiger partial charge in [-0.3, -0.25) is 14.5 Å². The maximum atomic E-state index is 14.4. The molecular weight excluding hydrogens is 353 g/mol. The van der Waals surface area contributed by atoms with E-state index in [4.69, 9.17) is 11.6 Å². The molecule has 0 bridgehead atoms. The lowest BCUT2D eigenvalue weighted by Crippen LogP contribution is -2.41. The Morgan fingerprint density at radius 2 is 1.73 bits per heavy atom. The van der Waals surface area contributed by atoms with Gasteiger partial charge in [0.2, 0.25) is 5.91 Å². The molecule has 0 fully saturated rings. The SMILES string of the molecule is O=C1CCCC2=C1[C@@H](c1ccccc1Cl)CC(=O)N2c1ccccc1F. The molecule has 0 aromatic heterocycles. The average molecular weight is 370 g/mol. The summed E-state index contributed by atoms with van der Waals surface area (Å²) in [4.78, 5) is 27.1. The summed E-state index contributed by atoms with van der Waals surface area (Å²) in [6.07, 6.45) is 1.77. The van der Waals surface area contributed by atoms with Gasteiger partial charge in [-0.1, -0.05) is 41.9 Å². The molecule has 0 saturated carbocycles. The van der Waals surface area contributed by atoms with Gasteiger partial charge in [0.15, 0.2) is 5.78 Å². The van der Waals surface area contributed by atoms with Crippen LogP contribution in [-0.2, 0) is 9.59 Å². The van der Waals surface area contributed by atoms with E-state index in [0.717, 1.165) is 5.56 Å². The number of nitrogens with zero attached hydrogens (tertiary/aromatic N) is 1. The predicted molar refractivity (Wildman–Crippen MR) is 98.6 cm³/mol. The summed E-state index contributed by atoms with van der Waals surface area (Å²) in [7, 11) is 0. The fraction of sp³-hybridized carbons (Fsp3) is 0.238. The molecule has 0 saturated heterocycles. The number of hydrogen-bond donors (Lipinski definition) is 0. The third-order valence-corrected chi connectivity index (χ3v) is 5.39. The van der Waals surface area contributed by atoms with Gasteiger partial charge in [0.05, 0.1) is 5.69 Å². The Hall–Kier alpha value is -2.46. The van der Waals surface area contributed by atoms with Crippen LogP contribution in [0.1, 0.15) is 37.2 Å². The average Bonchev–Trinajstić information content (AvgIpc) is 2.63. The van der Waals surface area contributed by atoms with Gasteiger partial charge in [-0.05, 0) is 36.6 Å². The highest BCUT2D eigenvalue weighted by molar-refractivity contribution is 6.31. The molecule has 2 aromatic rings. The third kappa shape index (κ3) is 2.74. The van der Waals surface area contributed by atoms with E-state index in [2.05, 4.69) is 0 Å². The largest absolute Gasteiger partial charge is 0.294 e. The minimum atomic E-state index is -0.470. The molecular formula is C21H17ClFNO2. The zero-order valence-corrected chi connectivity index (χ0v) is 14.8. The van der Waals surface area contributed by atoms with Gasteiger partial charge in [-0.15, -0.1) is 0 Å². The molecule has 1 atom stereocenters. The topological polar surface area (TPSA) is 37.4 Å². The summed E-state index contributed by atoms with van der Waals surface area (Å²) in [5.41, 5.74) is 2.20. The first-order valence-corrected chi connectivity index (χ1v) is 9.04. The zero-order chi connectivity index (χ0) is 18.3. The highest BCUT2D eigenvalue weighted by atomic mass is 35.5. The van der Waals surface area contributed by atoms with Crippen molar-refractivity contribution in [3.05, 3.63) is 76.2 Å². The van der Waals surface area contributed by atoms with Crippen LogP contribution in [0.2, 0.25) is 5.02 Å². The molecule has 0 radical (unpaired) electrons. The number of hydrogen-bond acceptors (Lipinski definition) is 2. The minimum Gasteiger partial charge on any atom is -0.294 e. The number of carbonyl (C=O) groups is 2. The lowest BCUT2D eigenvalue weighted by atomic mass is 9.77. The second-order valence-electron chi connectivity index (χ2n) is 6.60. The Balaban J connectivity index is 1.91. The molecule has 1 aliphatic heterocycles. The Morgan fingerprint density at radius 3 is 2.50 bits per heavy atom. The molecule has 0 spiro atoms. The summed E-state index contributed by atoms with van der Waals surface area (Å²) in [5, 5.41) is 0.537. The number of Topliss-reactive ketones (excluding diaryl/α,β-unsaturated/α-hetero) is 1. The molecule has 3 nitrogen and oxygen atoms in total. The number of halogens is 2. The van der Waals surface area contributed by atoms with Crippen LogP contribution >= 0.6 is 11.6 Å². The Kier molecular flexibility index (Phi) is 4.37. The first-order chi connectivity index (χ1) is 12.6. The molecule has 132 valence electrons. The molecule has 0 unspecified atom stereocenters. The number of rotatable bonds is 2. The molecule has 4 rings (SSSR count). The van der Waals surface area contributed by atoms with E-state index in [1.165, 1.54) is 11.0 Å². The molecule has 1 aliphatic carbocycles. The second kappa shape index (κ2) is 6.69. The van der Waals surface area contributed by atoms with Crippen molar-refractivity contribution >= 4 is 29.0 Å². The summed E-state index contributed by atoms with van der Waals surface area (Å²) in [5.74, 6) is -1.04. The zero-order valence-electron chi connectivity index (χ0n) is 14.0. The second-order valence-corrected chi connectivity index (χ2v) is 7.00. The van der Waals surface area contributed by atoms with Gasteiger partial charge in [-0.2, -0.15) is 0 Å². The van der Waals surface area contributed by atoms with Crippen molar-refractivity contribution in [3.63, 3.8) is 0 Å². The van der Waals surface area contributed by atoms with Crippen molar-refractivity contribution in [2.45, 2.75) is 31.6 Å². The Morgan fingerprint density at radius 1 is 1.00 bits per heavy atom. The van der Waals surface area contributed by atoms with Crippen molar-refractivity contribution in [3.8, 4) is 0 Å². The normalized spacial score (nSPS) is 20.4. The number of ketones is 1. The Bertz CT molecular complexity index is 937. The van der Waals surface area contributed by atoms with Crippen LogP contribution in [0.3, 0.4) is 0 Å². The lowest BCUT2D eigenvalue weighted by Gasteiger charge is -2.38. The van der Waals surface area contributed by atoms with Crippen molar-refractivity contribution in [2.24, 2.45) is 0 Å². The smallest absolute Gasteiger partial charge is 0.232 e. The highest BCUT2D eigenvalue weighted by Gasteiger charge is 2.40. The van der Waals surface area contributed by atoms with Gasteiger partial charge in [0.25, 0.3) is 0 Å². The summed E-state index contributed by atoms with van der Waals surface area (Å²) < 4.78 is 14.4. The first-order valence-electron chi connectivity index (χ1n) is 8.66. The van der Waals surface area contributed by atoms with E-state index in [1.807, 2.05) is 18.2 Å². The van der Waals surface area contributed by atoms with Crippen LogP contribution in [0, 0.1) is 5.82 Å². The molecule has 5 heteroatoms. The van der Waals surface area contributed by atoms with E-state index in [1.54, 1.807) is 24.3 Å². The number of benzene rings is 2. The van der Waals surface area contributed by atoms with Gasteiger partial charge < -0.3 is 0 Å². The summed E-state index contributed by atoms with van der Waals surface area (Å²) >= 11 is 6.34. The molecule has 26 heavy (non-hydrogen) atoms. The molecule has 1 amide bonds. The molecule has 1 heterocycles. The van der Waals surface area contributed by atoms with Crippen LogP contribution in [-0.4, -0.2) is 11.7 Å². The Labute approximate surface area is 156 Å². The van der Waals surface area contributed by atoms with Gasteiger partial charge in [-0.25, -0.2) is 4.39 Å². The number of para-hydroxylation sites is 1. The predicted octanol–water partition coefficient (Wildman–Crippen LogP) is 5.01. The van der Waals surface area contributed by atoms with Crippen LogP contribution in [0.25, 0.3) is 0 Å².